The van der Waals surface area contributed by atoms with Gasteiger partial charge in [-0.05, 0) is 24.6 Å². The predicted molar refractivity (Wildman–Crippen MR) is 76.1 cm³/mol. The highest BCUT2D eigenvalue weighted by Crippen LogP contribution is 2.25. The van der Waals surface area contributed by atoms with Crippen LogP contribution in [0.1, 0.15) is 12.8 Å². The Morgan fingerprint density at radius 1 is 1.04 bits per heavy atom. The molecule has 0 heterocycles. The zero-order valence-electron chi connectivity index (χ0n) is 11.4. The Labute approximate surface area is 131 Å². The number of carboxylic acid groups (broad SMARTS) is 2. The number of hydrogen-bond acceptors (Lipinski definition) is 7. The molecule has 1 unspecified atom stereocenters. The van der Waals surface area contributed by atoms with E-state index in [9.17, 15) is 26.4 Å². The summed E-state index contributed by atoms with van der Waals surface area (Å²) < 4.78 is 55.8. The van der Waals surface area contributed by atoms with Gasteiger partial charge in [-0.3, -0.25) is 14.1 Å². The number of sulfone groups is 1. The third-order valence-electron chi connectivity index (χ3n) is 2.80. The lowest BCUT2D eigenvalue weighted by Gasteiger charge is -2.14. The third-order valence-corrected chi connectivity index (χ3v) is 5.71. The average Bonchev–Trinajstić information content (AvgIpc) is 2.35. The van der Waals surface area contributed by atoms with Gasteiger partial charge < -0.3 is 15.9 Å². The van der Waals surface area contributed by atoms with Crippen LogP contribution in [0.3, 0.4) is 0 Å². The molecule has 23 heavy (non-hydrogen) atoms. The first-order valence-electron chi connectivity index (χ1n) is 5.92. The first kappa shape index (κ1) is 18.9. The minimum absolute atomic E-state index is 0.332. The van der Waals surface area contributed by atoms with Crippen LogP contribution in [0.2, 0.25) is 0 Å². The summed E-state index contributed by atoms with van der Waals surface area (Å²) in [6, 6.07) is 2.17. The third kappa shape index (κ3) is 4.64. The van der Waals surface area contributed by atoms with Gasteiger partial charge in [0.2, 0.25) is 0 Å². The number of anilines is 1. The fourth-order valence-corrected chi connectivity index (χ4v) is 3.99. The quantitative estimate of drug-likeness (QED) is 0.364. The van der Waals surface area contributed by atoms with Gasteiger partial charge in [0.15, 0.2) is 15.1 Å². The van der Waals surface area contributed by atoms with E-state index in [0.29, 0.717) is 6.07 Å². The maximum absolute atomic E-state index is 12.3. The van der Waals surface area contributed by atoms with Crippen molar-refractivity contribution < 1.29 is 41.2 Å². The minimum Gasteiger partial charge on any atom is -0.481 e. The molecule has 0 saturated carbocycles. The molecule has 0 aliphatic carbocycles. The van der Waals surface area contributed by atoms with Gasteiger partial charge in [-0.25, -0.2) is 8.42 Å². The molecule has 0 spiro atoms. The molecule has 1 aromatic carbocycles. The van der Waals surface area contributed by atoms with E-state index >= 15 is 0 Å². The molecular weight excluding hydrogens is 354 g/mol. The zero-order chi connectivity index (χ0) is 18.0. The zero-order valence-corrected chi connectivity index (χ0v) is 13.0. The normalized spacial score (nSPS) is 13.4. The van der Waals surface area contributed by atoms with E-state index in [1.165, 1.54) is 0 Å². The Bertz CT molecular complexity index is 842. The van der Waals surface area contributed by atoms with Crippen LogP contribution >= 0.6 is 0 Å². The summed E-state index contributed by atoms with van der Waals surface area (Å²) >= 11 is 0. The van der Waals surface area contributed by atoms with E-state index in [1.54, 1.807) is 0 Å². The largest absolute Gasteiger partial charge is 0.481 e. The summed E-state index contributed by atoms with van der Waals surface area (Å²) in [5.41, 5.74) is 5.04. The second-order valence-corrected chi connectivity index (χ2v) is 8.07. The standard InChI is InChI=1S/C11H13NO9S2/c12-6-3-7(5-8(4-6)23(19,20)21)22(17,18)9(11(15)16)1-2-10(13)14/h3-5,9H,1-2,12H2,(H,13,14)(H,15,16)(H,19,20,21). The predicted octanol–water partition coefficient (Wildman–Crippen LogP) is -0.393. The molecule has 0 bridgehead atoms. The van der Waals surface area contributed by atoms with Crippen molar-refractivity contribution in [2.75, 3.05) is 5.73 Å². The summed E-state index contributed by atoms with van der Waals surface area (Å²) in [5, 5.41) is 15.5. The first-order valence-corrected chi connectivity index (χ1v) is 8.91. The summed E-state index contributed by atoms with van der Waals surface area (Å²) in [6.45, 7) is 0. The van der Waals surface area contributed by atoms with Crippen molar-refractivity contribution >= 4 is 37.6 Å². The van der Waals surface area contributed by atoms with Gasteiger partial charge in [0.25, 0.3) is 10.1 Å². The van der Waals surface area contributed by atoms with Crippen molar-refractivity contribution in [3.63, 3.8) is 0 Å². The van der Waals surface area contributed by atoms with E-state index in [0.717, 1.165) is 12.1 Å². The molecule has 0 saturated heterocycles. The number of carboxylic acids is 2. The van der Waals surface area contributed by atoms with Crippen molar-refractivity contribution in [3.8, 4) is 0 Å². The second kappa shape index (κ2) is 6.52. The van der Waals surface area contributed by atoms with Gasteiger partial charge in [-0.1, -0.05) is 0 Å². The van der Waals surface area contributed by atoms with Crippen LogP contribution in [0.4, 0.5) is 5.69 Å². The van der Waals surface area contributed by atoms with Crippen molar-refractivity contribution in [2.45, 2.75) is 27.9 Å². The average molecular weight is 367 g/mol. The molecule has 0 aliphatic heterocycles. The van der Waals surface area contributed by atoms with Gasteiger partial charge in [-0.15, -0.1) is 0 Å². The second-order valence-electron chi connectivity index (χ2n) is 4.52. The van der Waals surface area contributed by atoms with Gasteiger partial charge in [0.05, 0.1) is 9.79 Å². The van der Waals surface area contributed by atoms with Gasteiger partial charge in [0.1, 0.15) is 0 Å². The first-order chi connectivity index (χ1) is 10.4. The SMILES string of the molecule is Nc1cc(S(=O)(=O)O)cc(S(=O)(=O)C(CCC(=O)O)C(=O)O)c1. The number of benzene rings is 1. The number of carbonyl (C=O) groups is 2. The van der Waals surface area contributed by atoms with Crippen LogP contribution in [-0.2, 0) is 29.5 Å². The Balaban J connectivity index is 3.43. The number of aliphatic carboxylic acids is 2. The molecular formula is C11H13NO9S2. The highest BCUT2D eigenvalue weighted by molar-refractivity contribution is 7.92. The fourth-order valence-electron chi connectivity index (χ4n) is 1.74. The maximum atomic E-state index is 12.3. The van der Waals surface area contributed by atoms with Crippen LogP contribution in [-0.4, -0.2) is 48.8 Å². The van der Waals surface area contributed by atoms with Crippen LogP contribution in [0, 0.1) is 0 Å². The number of hydrogen-bond donors (Lipinski definition) is 4. The van der Waals surface area contributed by atoms with E-state index in [1.807, 2.05) is 0 Å². The monoisotopic (exact) mass is 367 g/mol. The van der Waals surface area contributed by atoms with E-state index in [-0.39, 0.29) is 5.69 Å². The molecule has 5 N–H and O–H groups in total. The minimum atomic E-state index is -4.77. The van der Waals surface area contributed by atoms with E-state index in [2.05, 4.69) is 0 Å². The summed E-state index contributed by atoms with van der Waals surface area (Å²) in [5.74, 6) is -3.18. The Kier molecular flexibility index (Phi) is 5.35. The van der Waals surface area contributed by atoms with Gasteiger partial charge in [-0.2, -0.15) is 8.42 Å². The Hall–Kier alpha value is -2.18. The molecule has 10 nitrogen and oxygen atoms in total. The Morgan fingerprint density at radius 3 is 2.00 bits per heavy atom. The molecule has 0 amide bonds. The molecule has 12 heteroatoms. The van der Waals surface area contributed by atoms with Crippen LogP contribution in [0.15, 0.2) is 28.0 Å². The molecule has 1 atom stereocenters. The summed E-state index contributed by atoms with van der Waals surface area (Å²) in [7, 11) is -9.39. The van der Waals surface area contributed by atoms with Gasteiger partial charge >= 0.3 is 11.9 Å². The number of nitrogens with two attached hydrogens (primary N) is 1. The lowest BCUT2D eigenvalue weighted by Crippen LogP contribution is -2.31. The highest BCUT2D eigenvalue weighted by atomic mass is 32.2. The molecule has 0 fully saturated rings. The Morgan fingerprint density at radius 2 is 1.57 bits per heavy atom. The van der Waals surface area contributed by atoms with E-state index in [4.69, 9.17) is 20.5 Å². The van der Waals surface area contributed by atoms with Gasteiger partial charge in [0, 0.05) is 12.1 Å². The van der Waals surface area contributed by atoms with Crippen molar-refractivity contribution in [2.24, 2.45) is 0 Å². The number of nitrogen functional groups attached to an aromatic ring is 1. The fraction of sp³-hybridized carbons (Fsp3) is 0.273. The van der Waals surface area contributed by atoms with Crippen LogP contribution < -0.4 is 5.73 Å². The van der Waals surface area contributed by atoms with Crippen LogP contribution in [0.25, 0.3) is 0 Å². The van der Waals surface area contributed by atoms with Crippen LogP contribution in [0.5, 0.6) is 0 Å². The highest BCUT2D eigenvalue weighted by Gasteiger charge is 2.35. The lowest BCUT2D eigenvalue weighted by molar-refractivity contribution is -0.138. The topological polar surface area (TPSA) is 189 Å². The molecule has 0 aromatic heterocycles. The molecule has 128 valence electrons. The van der Waals surface area contributed by atoms with E-state index < -0.39 is 59.8 Å². The molecule has 1 rings (SSSR count). The smallest absolute Gasteiger partial charge is 0.322 e. The van der Waals surface area contributed by atoms with Crippen molar-refractivity contribution in [3.05, 3.63) is 18.2 Å². The van der Waals surface area contributed by atoms with Crippen molar-refractivity contribution in [1.82, 2.24) is 0 Å². The van der Waals surface area contributed by atoms with Crippen molar-refractivity contribution in [1.29, 1.82) is 0 Å². The summed E-state index contributed by atoms with van der Waals surface area (Å²) in [4.78, 5) is 20.1. The summed E-state index contributed by atoms with van der Waals surface area (Å²) in [6.07, 6.45) is -1.44. The lowest BCUT2D eigenvalue weighted by atomic mass is 10.2. The molecule has 0 aliphatic rings. The molecule has 0 radical (unpaired) electrons. The number of rotatable bonds is 7. The molecule has 1 aromatic rings. The maximum Gasteiger partial charge on any atom is 0.322 e.